The monoisotopic (exact) mass is 142 g/mol. The molecule has 0 amide bonds. The Labute approximate surface area is 61.8 Å². The predicted octanol–water partition coefficient (Wildman–Crippen LogP) is 0.508. The highest BCUT2D eigenvalue weighted by Gasteiger charge is 2.19. The van der Waals surface area contributed by atoms with Crippen LogP contribution in [0.2, 0.25) is 0 Å². The molecule has 0 saturated carbocycles. The lowest BCUT2D eigenvalue weighted by atomic mass is 10.0. The second kappa shape index (κ2) is 4.26. The average Bonchev–Trinajstić information content (AvgIpc) is 1.88. The van der Waals surface area contributed by atoms with Gasteiger partial charge in [-0.1, -0.05) is 13.8 Å². The standard InChI is InChI=1S/C7H14N2O/c1-5(2)7(10-3)6(9)4-8/h5-7H,9H2,1-3H3. The maximum absolute atomic E-state index is 8.43. The van der Waals surface area contributed by atoms with Crippen molar-refractivity contribution in [1.82, 2.24) is 0 Å². The highest BCUT2D eigenvalue weighted by molar-refractivity contribution is 4.94. The predicted molar refractivity (Wildman–Crippen MR) is 39.2 cm³/mol. The summed E-state index contributed by atoms with van der Waals surface area (Å²) in [6, 6.07) is 1.44. The lowest BCUT2D eigenvalue weighted by Gasteiger charge is -2.20. The van der Waals surface area contributed by atoms with Crippen molar-refractivity contribution < 1.29 is 4.74 Å². The van der Waals surface area contributed by atoms with Crippen LogP contribution in [-0.4, -0.2) is 19.3 Å². The number of nitriles is 1. The Kier molecular flexibility index (Phi) is 4.01. The molecule has 3 heteroatoms. The molecule has 0 aliphatic rings. The lowest BCUT2D eigenvalue weighted by molar-refractivity contribution is 0.0570. The molecule has 0 heterocycles. The van der Waals surface area contributed by atoms with Crippen molar-refractivity contribution in [3.63, 3.8) is 0 Å². The Morgan fingerprint density at radius 3 is 2.10 bits per heavy atom. The Morgan fingerprint density at radius 1 is 1.50 bits per heavy atom. The SMILES string of the molecule is COC(C(C)C)C(N)C#N. The van der Waals surface area contributed by atoms with Crippen LogP contribution in [0.3, 0.4) is 0 Å². The minimum atomic E-state index is -0.509. The second-order valence-corrected chi connectivity index (χ2v) is 2.60. The molecule has 58 valence electrons. The summed E-state index contributed by atoms with van der Waals surface area (Å²) in [5.41, 5.74) is 5.44. The maximum atomic E-state index is 8.43. The number of hydrogen-bond donors (Lipinski definition) is 1. The number of nitrogens with zero attached hydrogens (tertiary/aromatic N) is 1. The van der Waals surface area contributed by atoms with Crippen molar-refractivity contribution in [1.29, 1.82) is 5.26 Å². The molecule has 0 rings (SSSR count). The van der Waals surface area contributed by atoms with Crippen molar-refractivity contribution in [2.75, 3.05) is 7.11 Å². The summed E-state index contributed by atoms with van der Waals surface area (Å²) in [5, 5.41) is 8.43. The van der Waals surface area contributed by atoms with Crippen molar-refractivity contribution in [3.8, 4) is 6.07 Å². The van der Waals surface area contributed by atoms with Gasteiger partial charge < -0.3 is 10.5 Å². The molecule has 0 aliphatic carbocycles. The molecule has 0 radical (unpaired) electrons. The van der Waals surface area contributed by atoms with Crippen LogP contribution in [0.25, 0.3) is 0 Å². The molecule has 2 N–H and O–H groups in total. The van der Waals surface area contributed by atoms with Crippen molar-refractivity contribution in [3.05, 3.63) is 0 Å². The molecule has 2 atom stereocenters. The second-order valence-electron chi connectivity index (χ2n) is 2.60. The summed E-state index contributed by atoms with van der Waals surface area (Å²) in [6.07, 6.45) is -0.148. The van der Waals surface area contributed by atoms with E-state index >= 15 is 0 Å². The highest BCUT2D eigenvalue weighted by atomic mass is 16.5. The molecule has 0 aliphatic heterocycles. The van der Waals surface area contributed by atoms with E-state index in [4.69, 9.17) is 15.7 Å². The number of ether oxygens (including phenoxy) is 1. The third-order valence-electron chi connectivity index (χ3n) is 1.43. The summed E-state index contributed by atoms with van der Waals surface area (Å²) in [7, 11) is 1.57. The summed E-state index contributed by atoms with van der Waals surface area (Å²) >= 11 is 0. The molecule has 0 aromatic carbocycles. The smallest absolute Gasteiger partial charge is 0.120 e. The van der Waals surface area contributed by atoms with E-state index in [0.29, 0.717) is 5.92 Å². The molecule has 2 unspecified atom stereocenters. The molecule has 0 spiro atoms. The van der Waals surface area contributed by atoms with E-state index in [1.807, 2.05) is 19.9 Å². The third kappa shape index (κ3) is 2.34. The average molecular weight is 142 g/mol. The Bertz CT molecular complexity index is 128. The van der Waals surface area contributed by atoms with Crippen LogP contribution in [0.1, 0.15) is 13.8 Å². The first-order chi connectivity index (χ1) is 4.63. The van der Waals surface area contributed by atoms with E-state index in [2.05, 4.69) is 0 Å². The van der Waals surface area contributed by atoms with Crippen molar-refractivity contribution in [2.45, 2.75) is 26.0 Å². The molecular weight excluding hydrogens is 128 g/mol. The largest absolute Gasteiger partial charge is 0.378 e. The number of nitrogens with two attached hydrogens (primary N) is 1. The Morgan fingerprint density at radius 2 is 2.00 bits per heavy atom. The topological polar surface area (TPSA) is 59.0 Å². The van der Waals surface area contributed by atoms with Crippen LogP contribution in [0.4, 0.5) is 0 Å². The summed E-state index contributed by atoms with van der Waals surface area (Å²) in [6.45, 7) is 3.96. The van der Waals surface area contributed by atoms with E-state index in [-0.39, 0.29) is 6.10 Å². The van der Waals surface area contributed by atoms with Gasteiger partial charge in [0.2, 0.25) is 0 Å². The normalized spacial score (nSPS) is 16.4. The van der Waals surface area contributed by atoms with Gasteiger partial charge in [-0.3, -0.25) is 0 Å². The Balaban J connectivity index is 3.96. The zero-order valence-electron chi connectivity index (χ0n) is 6.66. The molecule has 0 aromatic rings. The fourth-order valence-electron chi connectivity index (χ4n) is 0.907. The van der Waals surface area contributed by atoms with Gasteiger partial charge in [0.25, 0.3) is 0 Å². The zero-order chi connectivity index (χ0) is 8.15. The summed E-state index contributed by atoms with van der Waals surface area (Å²) in [5.74, 6) is 0.291. The minimum absolute atomic E-state index is 0.148. The van der Waals surface area contributed by atoms with Gasteiger partial charge in [-0.15, -0.1) is 0 Å². The van der Waals surface area contributed by atoms with Crippen LogP contribution in [-0.2, 0) is 4.74 Å². The van der Waals surface area contributed by atoms with Crippen LogP contribution in [0.15, 0.2) is 0 Å². The van der Waals surface area contributed by atoms with Gasteiger partial charge in [0.1, 0.15) is 6.04 Å². The van der Waals surface area contributed by atoms with Crippen LogP contribution in [0.5, 0.6) is 0 Å². The fraction of sp³-hybridized carbons (Fsp3) is 0.857. The molecule has 0 saturated heterocycles. The van der Waals surface area contributed by atoms with Gasteiger partial charge in [-0.25, -0.2) is 0 Å². The molecule has 10 heavy (non-hydrogen) atoms. The summed E-state index contributed by atoms with van der Waals surface area (Å²) in [4.78, 5) is 0. The highest BCUT2D eigenvalue weighted by Crippen LogP contribution is 2.07. The number of hydrogen-bond acceptors (Lipinski definition) is 3. The van der Waals surface area contributed by atoms with Gasteiger partial charge in [-0.2, -0.15) is 5.26 Å². The third-order valence-corrected chi connectivity index (χ3v) is 1.43. The van der Waals surface area contributed by atoms with Gasteiger partial charge in [0.05, 0.1) is 12.2 Å². The first-order valence-corrected chi connectivity index (χ1v) is 3.31. The molecule has 0 aromatic heterocycles. The number of rotatable bonds is 3. The number of methoxy groups -OCH3 is 1. The molecule has 3 nitrogen and oxygen atoms in total. The fourth-order valence-corrected chi connectivity index (χ4v) is 0.907. The van der Waals surface area contributed by atoms with Crippen LogP contribution in [0, 0.1) is 17.2 Å². The molecular formula is C7H14N2O. The van der Waals surface area contributed by atoms with E-state index in [0.717, 1.165) is 0 Å². The van der Waals surface area contributed by atoms with Gasteiger partial charge in [0, 0.05) is 7.11 Å². The van der Waals surface area contributed by atoms with E-state index in [1.165, 1.54) is 0 Å². The summed E-state index contributed by atoms with van der Waals surface area (Å²) < 4.78 is 5.02. The lowest BCUT2D eigenvalue weighted by Crippen LogP contribution is -2.38. The minimum Gasteiger partial charge on any atom is -0.378 e. The quantitative estimate of drug-likeness (QED) is 0.624. The van der Waals surface area contributed by atoms with Gasteiger partial charge >= 0.3 is 0 Å². The maximum Gasteiger partial charge on any atom is 0.120 e. The van der Waals surface area contributed by atoms with Crippen LogP contribution >= 0.6 is 0 Å². The zero-order valence-corrected chi connectivity index (χ0v) is 6.66. The van der Waals surface area contributed by atoms with E-state index in [9.17, 15) is 0 Å². The van der Waals surface area contributed by atoms with E-state index in [1.54, 1.807) is 7.11 Å². The molecule has 0 bridgehead atoms. The van der Waals surface area contributed by atoms with Crippen LogP contribution < -0.4 is 5.73 Å². The van der Waals surface area contributed by atoms with E-state index < -0.39 is 6.04 Å². The van der Waals surface area contributed by atoms with Crippen molar-refractivity contribution in [2.24, 2.45) is 11.7 Å². The van der Waals surface area contributed by atoms with Gasteiger partial charge in [0.15, 0.2) is 0 Å². The first kappa shape index (κ1) is 9.41. The van der Waals surface area contributed by atoms with Gasteiger partial charge in [-0.05, 0) is 5.92 Å². The van der Waals surface area contributed by atoms with Crippen molar-refractivity contribution >= 4 is 0 Å². The first-order valence-electron chi connectivity index (χ1n) is 3.31. The Hall–Kier alpha value is -0.590. The molecule has 0 fully saturated rings.